The number of carbonyl (C=O) groups is 1. The fourth-order valence-corrected chi connectivity index (χ4v) is 4.56. The van der Waals surface area contributed by atoms with Crippen LogP contribution in [0.25, 0.3) is 11.4 Å². The molecule has 3 aromatic rings. The lowest BCUT2D eigenvalue weighted by atomic mass is 9.75. The molecule has 0 amide bonds. The average Bonchev–Trinajstić information content (AvgIpc) is 3.10. The van der Waals surface area contributed by atoms with Gasteiger partial charge in [-0.25, -0.2) is 4.68 Å². The molecule has 0 saturated heterocycles. The van der Waals surface area contributed by atoms with Gasteiger partial charge in [0.2, 0.25) is 5.95 Å². The molecule has 28 heavy (non-hydrogen) atoms. The number of halogens is 1. The van der Waals surface area contributed by atoms with Crippen LogP contribution in [0.15, 0.2) is 48.5 Å². The van der Waals surface area contributed by atoms with Crippen LogP contribution in [-0.4, -0.2) is 31.7 Å². The number of hydrogen-bond acceptors (Lipinski definition) is 5. The summed E-state index contributed by atoms with van der Waals surface area (Å²) in [7, 11) is 0. The van der Waals surface area contributed by atoms with Gasteiger partial charge in [-0.05, 0) is 42.7 Å². The maximum absolute atomic E-state index is 12.8. The molecule has 0 spiro atoms. The van der Waals surface area contributed by atoms with Crippen LogP contribution in [0.3, 0.4) is 0 Å². The van der Waals surface area contributed by atoms with Gasteiger partial charge < -0.3 is 10.4 Å². The molecule has 7 heteroatoms. The van der Waals surface area contributed by atoms with E-state index in [1.165, 1.54) is 0 Å². The molecule has 142 valence electrons. The van der Waals surface area contributed by atoms with Crippen molar-refractivity contribution in [2.75, 3.05) is 5.32 Å². The fraction of sp³-hybridized carbons (Fsp3) is 0.286. The highest BCUT2D eigenvalue weighted by Crippen LogP contribution is 2.42. The van der Waals surface area contributed by atoms with Crippen molar-refractivity contribution < 1.29 is 9.90 Å². The van der Waals surface area contributed by atoms with Gasteiger partial charge in [0.25, 0.3) is 0 Å². The molecule has 1 aliphatic heterocycles. The Kier molecular flexibility index (Phi) is 4.09. The molecule has 3 atom stereocenters. The minimum Gasteiger partial charge on any atom is -0.508 e. The van der Waals surface area contributed by atoms with Crippen molar-refractivity contribution in [1.82, 2.24) is 14.8 Å². The van der Waals surface area contributed by atoms with E-state index >= 15 is 0 Å². The summed E-state index contributed by atoms with van der Waals surface area (Å²) in [4.78, 5) is 17.5. The molecule has 2 heterocycles. The Hall–Kier alpha value is -2.86. The Balaban J connectivity index is 1.66. The third-order valence-corrected chi connectivity index (χ3v) is 5.82. The van der Waals surface area contributed by atoms with Gasteiger partial charge in [0.15, 0.2) is 5.82 Å². The minimum atomic E-state index is -0.304. The van der Waals surface area contributed by atoms with Crippen LogP contribution in [0.1, 0.15) is 30.9 Å². The van der Waals surface area contributed by atoms with Gasteiger partial charge in [0, 0.05) is 23.0 Å². The molecular formula is C21H19ClN4O2. The van der Waals surface area contributed by atoms with Crippen molar-refractivity contribution in [3.05, 3.63) is 59.1 Å². The molecule has 1 saturated carbocycles. The molecule has 2 aromatic carbocycles. The smallest absolute Gasteiger partial charge is 0.222 e. The molecular weight excluding hydrogens is 376 g/mol. The highest BCUT2D eigenvalue weighted by molar-refractivity contribution is 6.30. The van der Waals surface area contributed by atoms with Crippen LogP contribution in [-0.2, 0) is 4.79 Å². The molecule has 1 aromatic heterocycles. The number of nitrogens with zero attached hydrogens (tertiary/aromatic N) is 3. The monoisotopic (exact) mass is 394 g/mol. The standard InChI is InChI=1S/C21H19ClN4O2/c22-14-6-1-5-13(10-14)20-24-21-23-16-8-3-9-17(28)18(16)19(26(21)25-20)12-4-2-7-15(27)11-12/h1-2,4-7,10-11,16,18-19,27H,3,8-9H2,(H,23,24,25)/t16-,18-,19-/m0/s1. The number of Topliss-reactive ketones (excluding diaryl/α,β-unsaturated/α-hetero) is 1. The molecule has 2 aliphatic rings. The van der Waals surface area contributed by atoms with Crippen LogP contribution in [0, 0.1) is 5.92 Å². The quantitative estimate of drug-likeness (QED) is 0.685. The number of anilines is 1. The Morgan fingerprint density at radius 1 is 1.18 bits per heavy atom. The van der Waals surface area contributed by atoms with E-state index in [4.69, 9.17) is 16.7 Å². The predicted molar refractivity (Wildman–Crippen MR) is 106 cm³/mol. The first-order valence-corrected chi connectivity index (χ1v) is 9.78. The highest BCUT2D eigenvalue weighted by atomic mass is 35.5. The number of hydrogen-bond donors (Lipinski definition) is 2. The van der Waals surface area contributed by atoms with Crippen molar-refractivity contribution >= 4 is 23.3 Å². The molecule has 1 aliphatic carbocycles. The zero-order valence-corrected chi connectivity index (χ0v) is 15.8. The third kappa shape index (κ3) is 2.85. The van der Waals surface area contributed by atoms with E-state index in [0.29, 0.717) is 23.2 Å². The lowest BCUT2D eigenvalue weighted by Crippen LogP contribution is -2.48. The van der Waals surface area contributed by atoms with Gasteiger partial charge in [-0.1, -0.05) is 35.9 Å². The molecule has 2 N–H and O–H groups in total. The Labute approximate surface area is 167 Å². The predicted octanol–water partition coefficient (Wildman–Crippen LogP) is 4.06. The molecule has 0 radical (unpaired) electrons. The lowest BCUT2D eigenvalue weighted by Gasteiger charge is -2.41. The fourth-order valence-electron chi connectivity index (χ4n) is 4.37. The summed E-state index contributed by atoms with van der Waals surface area (Å²) in [5.41, 5.74) is 1.68. The maximum atomic E-state index is 12.8. The third-order valence-electron chi connectivity index (χ3n) is 5.59. The van der Waals surface area contributed by atoms with Crippen molar-refractivity contribution in [3.8, 4) is 17.1 Å². The summed E-state index contributed by atoms with van der Waals surface area (Å²) < 4.78 is 1.79. The van der Waals surface area contributed by atoms with E-state index in [1.807, 2.05) is 30.3 Å². The van der Waals surface area contributed by atoms with Gasteiger partial charge in [-0.3, -0.25) is 4.79 Å². The van der Waals surface area contributed by atoms with E-state index < -0.39 is 0 Å². The molecule has 5 rings (SSSR count). The van der Waals surface area contributed by atoms with Crippen LogP contribution < -0.4 is 5.32 Å². The number of ketones is 1. The van der Waals surface area contributed by atoms with Crippen LogP contribution in [0.4, 0.5) is 5.95 Å². The maximum Gasteiger partial charge on any atom is 0.222 e. The number of carbonyl (C=O) groups excluding carboxylic acids is 1. The summed E-state index contributed by atoms with van der Waals surface area (Å²) in [6.07, 6.45) is 2.35. The van der Waals surface area contributed by atoms with E-state index in [2.05, 4.69) is 10.3 Å². The summed E-state index contributed by atoms with van der Waals surface area (Å²) in [5.74, 6) is 1.35. The molecule has 0 bridgehead atoms. The normalized spacial score (nSPS) is 23.6. The second-order valence-corrected chi connectivity index (χ2v) is 7.83. The zero-order chi connectivity index (χ0) is 19.3. The number of rotatable bonds is 2. The topological polar surface area (TPSA) is 80.0 Å². The zero-order valence-electron chi connectivity index (χ0n) is 15.0. The van der Waals surface area contributed by atoms with Crippen molar-refractivity contribution in [3.63, 3.8) is 0 Å². The first-order valence-electron chi connectivity index (χ1n) is 9.41. The number of fused-ring (bicyclic) bond motifs is 2. The van der Waals surface area contributed by atoms with Gasteiger partial charge in [0.05, 0.1) is 12.0 Å². The summed E-state index contributed by atoms with van der Waals surface area (Å²) in [5, 5.41) is 18.8. The van der Waals surface area contributed by atoms with Gasteiger partial charge in [-0.15, -0.1) is 5.10 Å². The summed E-state index contributed by atoms with van der Waals surface area (Å²) in [6, 6.07) is 14.2. The van der Waals surface area contributed by atoms with Crippen molar-refractivity contribution in [1.29, 1.82) is 0 Å². The number of phenols is 1. The Bertz CT molecular complexity index is 1060. The minimum absolute atomic E-state index is 0.0116. The van der Waals surface area contributed by atoms with E-state index in [0.717, 1.165) is 24.0 Å². The largest absolute Gasteiger partial charge is 0.508 e. The highest BCUT2D eigenvalue weighted by Gasteiger charge is 2.45. The number of aromatic hydroxyl groups is 1. The number of aromatic nitrogens is 3. The van der Waals surface area contributed by atoms with Gasteiger partial charge in [0.1, 0.15) is 11.5 Å². The number of benzene rings is 2. The van der Waals surface area contributed by atoms with Gasteiger partial charge in [-0.2, -0.15) is 4.98 Å². The summed E-state index contributed by atoms with van der Waals surface area (Å²) >= 11 is 6.13. The van der Waals surface area contributed by atoms with Crippen LogP contribution in [0.5, 0.6) is 5.75 Å². The average molecular weight is 395 g/mol. The van der Waals surface area contributed by atoms with E-state index in [1.54, 1.807) is 22.9 Å². The summed E-state index contributed by atoms with van der Waals surface area (Å²) in [6.45, 7) is 0. The lowest BCUT2D eigenvalue weighted by molar-refractivity contribution is -0.126. The van der Waals surface area contributed by atoms with Crippen molar-refractivity contribution in [2.24, 2.45) is 5.92 Å². The number of nitrogens with one attached hydrogen (secondary N) is 1. The Morgan fingerprint density at radius 3 is 2.86 bits per heavy atom. The number of phenolic OH excluding ortho intramolecular Hbond substituents is 1. The van der Waals surface area contributed by atoms with Gasteiger partial charge >= 0.3 is 0 Å². The molecule has 6 nitrogen and oxygen atoms in total. The molecule has 0 unspecified atom stereocenters. The second kappa shape index (κ2) is 6.63. The van der Waals surface area contributed by atoms with Crippen LogP contribution in [0.2, 0.25) is 5.02 Å². The van der Waals surface area contributed by atoms with Crippen LogP contribution >= 0.6 is 11.6 Å². The van der Waals surface area contributed by atoms with E-state index in [9.17, 15) is 9.90 Å². The Morgan fingerprint density at radius 2 is 2.04 bits per heavy atom. The SMILES string of the molecule is O=C1CCC[C@@H]2Nc3nc(-c4cccc(Cl)c4)nn3[C@@H](c3cccc(O)c3)[C@H]12. The van der Waals surface area contributed by atoms with E-state index in [-0.39, 0.29) is 29.5 Å². The first kappa shape index (κ1) is 17.3. The first-order chi connectivity index (χ1) is 13.6. The second-order valence-electron chi connectivity index (χ2n) is 7.39. The van der Waals surface area contributed by atoms with Crippen molar-refractivity contribution in [2.45, 2.75) is 31.3 Å². The molecule has 1 fully saturated rings.